The molecular formula is C24H33NO2. The Balaban J connectivity index is 2.16. The number of Topliss-reactive ketones (excluding diaryl/α,β-unsaturated/α-hetero) is 1. The van der Waals surface area contributed by atoms with Crippen LogP contribution in [0.1, 0.15) is 84.2 Å². The molecule has 2 rings (SSSR count). The van der Waals surface area contributed by atoms with Gasteiger partial charge in [0, 0.05) is 11.3 Å². The van der Waals surface area contributed by atoms with Crippen LogP contribution < -0.4 is 5.73 Å². The van der Waals surface area contributed by atoms with Gasteiger partial charge in [-0.1, -0.05) is 69.4 Å². The minimum absolute atomic E-state index is 0.258. The lowest BCUT2D eigenvalue weighted by molar-refractivity contribution is 0.0746. The van der Waals surface area contributed by atoms with Crippen LogP contribution in [0, 0.1) is 13.8 Å². The van der Waals surface area contributed by atoms with Crippen molar-refractivity contribution in [2.24, 2.45) is 0 Å². The second kappa shape index (κ2) is 10.3. The molecule has 0 saturated heterocycles. The van der Waals surface area contributed by atoms with Gasteiger partial charge >= 0.3 is 0 Å². The molecular weight excluding hydrogens is 334 g/mol. The predicted molar refractivity (Wildman–Crippen MR) is 113 cm³/mol. The quantitative estimate of drug-likeness (QED) is 0.321. The molecule has 0 aliphatic heterocycles. The number of unbranched alkanes of at least 4 members (excludes halogenated alkanes) is 5. The molecule has 0 amide bonds. The molecule has 1 unspecified atom stereocenters. The number of aryl methyl sites for hydroxylation is 1. The van der Waals surface area contributed by atoms with Crippen LogP contribution in [0.3, 0.4) is 0 Å². The molecule has 0 heterocycles. The van der Waals surface area contributed by atoms with Crippen molar-refractivity contribution in [3.63, 3.8) is 0 Å². The van der Waals surface area contributed by atoms with E-state index in [2.05, 4.69) is 6.92 Å². The monoisotopic (exact) mass is 367 g/mol. The summed E-state index contributed by atoms with van der Waals surface area (Å²) in [5.41, 5.74) is 11.1. The zero-order valence-electron chi connectivity index (χ0n) is 16.9. The Labute approximate surface area is 163 Å². The molecule has 0 aliphatic rings. The summed E-state index contributed by atoms with van der Waals surface area (Å²) in [5, 5.41) is 10.5. The van der Waals surface area contributed by atoms with Gasteiger partial charge in [-0.05, 0) is 55.0 Å². The first-order valence-corrected chi connectivity index (χ1v) is 10.1. The van der Waals surface area contributed by atoms with E-state index in [1.165, 1.54) is 32.1 Å². The molecule has 3 heteroatoms. The number of rotatable bonds is 10. The fourth-order valence-electron chi connectivity index (χ4n) is 3.50. The molecule has 2 aromatic rings. The highest BCUT2D eigenvalue weighted by molar-refractivity contribution is 6.02. The van der Waals surface area contributed by atoms with Crippen LogP contribution in [0.25, 0.3) is 0 Å². The van der Waals surface area contributed by atoms with Gasteiger partial charge in [-0.3, -0.25) is 4.79 Å². The largest absolute Gasteiger partial charge is 0.398 e. The van der Waals surface area contributed by atoms with Crippen molar-refractivity contribution in [1.82, 2.24) is 0 Å². The number of anilines is 1. The molecule has 0 aliphatic carbocycles. The lowest BCUT2D eigenvalue weighted by Crippen LogP contribution is -2.15. The van der Waals surface area contributed by atoms with Gasteiger partial charge in [0.25, 0.3) is 0 Å². The van der Waals surface area contributed by atoms with Gasteiger partial charge in [-0.25, -0.2) is 0 Å². The van der Waals surface area contributed by atoms with E-state index in [9.17, 15) is 9.90 Å². The number of ketones is 1. The minimum atomic E-state index is -1.14. The van der Waals surface area contributed by atoms with Crippen LogP contribution in [0.2, 0.25) is 0 Å². The molecule has 0 saturated carbocycles. The standard InChI is InChI=1S/C24H33NO2/c1-4-5-6-7-8-10-15-20-16-21(17(2)18(3)22(20)25)24(27)23(26)19-13-11-9-12-14-19/h9,11-14,16,23,26H,4-8,10,15,25H2,1-3H3. The van der Waals surface area contributed by atoms with Gasteiger partial charge in [0.05, 0.1) is 0 Å². The van der Waals surface area contributed by atoms with Gasteiger partial charge in [0.15, 0.2) is 5.78 Å². The molecule has 0 radical (unpaired) electrons. The number of aliphatic hydroxyl groups is 1. The Morgan fingerprint density at radius 1 is 1.00 bits per heavy atom. The lowest BCUT2D eigenvalue weighted by Gasteiger charge is -2.18. The van der Waals surface area contributed by atoms with Crippen molar-refractivity contribution in [3.8, 4) is 0 Å². The van der Waals surface area contributed by atoms with E-state index >= 15 is 0 Å². The molecule has 0 fully saturated rings. The number of hydrogen-bond donors (Lipinski definition) is 2. The second-order valence-electron chi connectivity index (χ2n) is 7.44. The van der Waals surface area contributed by atoms with E-state index < -0.39 is 6.10 Å². The summed E-state index contributed by atoms with van der Waals surface area (Å²) in [6.07, 6.45) is 7.06. The third-order valence-corrected chi connectivity index (χ3v) is 5.46. The summed E-state index contributed by atoms with van der Waals surface area (Å²) in [6, 6.07) is 11.0. The third kappa shape index (κ3) is 5.43. The summed E-state index contributed by atoms with van der Waals surface area (Å²) < 4.78 is 0. The number of hydrogen-bond acceptors (Lipinski definition) is 3. The smallest absolute Gasteiger partial charge is 0.196 e. The van der Waals surface area contributed by atoms with Gasteiger partial charge in [-0.15, -0.1) is 0 Å². The van der Waals surface area contributed by atoms with Crippen molar-refractivity contribution in [1.29, 1.82) is 0 Å². The molecule has 1 atom stereocenters. The Morgan fingerprint density at radius 3 is 2.30 bits per heavy atom. The van der Waals surface area contributed by atoms with Crippen LogP contribution in [0.4, 0.5) is 5.69 Å². The van der Waals surface area contributed by atoms with Gasteiger partial charge in [0.1, 0.15) is 6.10 Å². The molecule has 0 bridgehead atoms. The molecule has 27 heavy (non-hydrogen) atoms. The normalized spacial score (nSPS) is 12.1. The maximum Gasteiger partial charge on any atom is 0.196 e. The topological polar surface area (TPSA) is 63.3 Å². The van der Waals surface area contributed by atoms with Crippen molar-refractivity contribution in [3.05, 3.63) is 64.2 Å². The lowest BCUT2D eigenvalue weighted by atomic mass is 9.89. The zero-order valence-corrected chi connectivity index (χ0v) is 16.9. The van der Waals surface area contributed by atoms with Crippen LogP contribution in [-0.4, -0.2) is 10.9 Å². The predicted octanol–water partition coefficient (Wildman–Crippen LogP) is 5.70. The van der Waals surface area contributed by atoms with Gasteiger partial charge < -0.3 is 10.8 Å². The number of carbonyl (C=O) groups is 1. The Kier molecular flexibility index (Phi) is 8.05. The molecule has 3 N–H and O–H groups in total. The highest BCUT2D eigenvalue weighted by atomic mass is 16.3. The number of nitrogens with two attached hydrogens (primary N) is 1. The summed E-state index contributed by atoms with van der Waals surface area (Å²) in [7, 11) is 0. The van der Waals surface area contributed by atoms with E-state index in [1.807, 2.05) is 38.1 Å². The minimum Gasteiger partial charge on any atom is -0.398 e. The zero-order chi connectivity index (χ0) is 19.8. The van der Waals surface area contributed by atoms with Gasteiger partial charge in [0.2, 0.25) is 0 Å². The van der Waals surface area contributed by atoms with Crippen molar-refractivity contribution in [2.45, 2.75) is 71.8 Å². The second-order valence-corrected chi connectivity index (χ2v) is 7.44. The van der Waals surface area contributed by atoms with Crippen LogP contribution in [0.15, 0.2) is 36.4 Å². The first kappa shape index (κ1) is 21.2. The maximum absolute atomic E-state index is 12.9. The van der Waals surface area contributed by atoms with E-state index in [0.29, 0.717) is 11.1 Å². The fourth-order valence-corrected chi connectivity index (χ4v) is 3.50. The number of benzene rings is 2. The van der Waals surface area contributed by atoms with Crippen LogP contribution in [-0.2, 0) is 6.42 Å². The third-order valence-electron chi connectivity index (χ3n) is 5.46. The first-order chi connectivity index (χ1) is 13.0. The molecule has 0 aromatic heterocycles. The number of carbonyl (C=O) groups excluding carboxylic acids is 1. The first-order valence-electron chi connectivity index (χ1n) is 10.1. The Morgan fingerprint density at radius 2 is 1.63 bits per heavy atom. The van der Waals surface area contributed by atoms with E-state index in [1.54, 1.807) is 12.1 Å². The summed E-state index contributed by atoms with van der Waals surface area (Å²) >= 11 is 0. The van der Waals surface area contributed by atoms with Crippen LogP contribution >= 0.6 is 0 Å². The average Bonchev–Trinajstić information content (AvgIpc) is 2.70. The van der Waals surface area contributed by atoms with E-state index in [-0.39, 0.29) is 5.78 Å². The van der Waals surface area contributed by atoms with Gasteiger partial charge in [-0.2, -0.15) is 0 Å². The van der Waals surface area contributed by atoms with E-state index in [0.717, 1.165) is 35.2 Å². The van der Waals surface area contributed by atoms with Crippen molar-refractivity contribution >= 4 is 11.5 Å². The molecule has 0 spiro atoms. The SMILES string of the molecule is CCCCCCCCc1cc(C(=O)C(O)c2ccccc2)c(C)c(C)c1N. The number of aliphatic hydroxyl groups excluding tert-OH is 1. The molecule has 146 valence electrons. The van der Waals surface area contributed by atoms with Crippen LogP contribution in [0.5, 0.6) is 0 Å². The highest BCUT2D eigenvalue weighted by Crippen LogP contribution is 2.29. The average molecular weight is 368 g/mol. The van der Waals surface area contributed by atoms with Crippen molar-refractivity contribution in [2.75, 3.05) is 5.73 Å². The maximum atomic E-state index is 12.9. The highest BCUT2D eigenvalue weighted by Gasteiger charge is 2.23. The Bertz CT molecular complexity index is 753. The summed E-state index contributed by atoms with van der Waals surface area (Å²) in [6.45, 7) is 6.09. The molecule has 3 nitrogen and oxygen atoms in total. The Hall–Kier alpha value is -2.13. The summed E-state index contributed by atoms with van der Waals surface area (Å²) in [5.74, 6) is -0.258. The fraction of sp³-hybridized carbons (Fsp3) is 0.458. The van der Waals surface area contributed by atoms with E-state index in [4.69, 9.17) is 5.73 Å². The number of nitrogen functional groups attached to an aromatic ring is 1. The van der Waals surface area contributed by atoms with Crippen molar-refractivity contribution < 1.29 is 9.90 Å². The molecule has 2 aromatic carbocycles. The summed E-state index contributed by atoms with van der Waals surface area (Å²) in [4.78, 5) is 12.9.